The van der Waals surface area contributed by atoms with Crippen LogP contribution in [0.2, 0.25) is 0 Å². The van der Waals surface area contributed by atoms with Gasteiger partial charge in [0.15, 0.2) is 5.84 Å². The maximum absolute atomic E-state index is 10.6. The largest absolute Gasteiger partial charge is 0.367 e. The van der Waals surface area contributed by atoms with E-state index in [4.69, 9.17) is 0 Å². The molecule has 0 spiro atoms. The van der Waals surface area contributed by atoms with Crippen molar-refractivity contribution in [3.63, 3.8) is 0 Å². The van der Waals surface area contributed by atoms with E-state index in [1.165, 1.54) is 0 Å². The van der Waals surface area contributed by atoms with Crippen LogP contribution in [0.3, 0.4) is 0 Å². The van der Waals surface area contributed by atoms with Crippen molar-refractivity contribution in [3.05, 3.63) is 59.7 Å². The van der Waals surface area contributed by atoms with Crippen LogP contribution in [0.1, 0.15) is 51.2 Å². The van der Waals surface area contributed by atoms with E-state index in [0.717, 1.165) is 59.5 Å². The van der Waals surface area contributed by atoms with Gasteiger partial charge in [-0.05, 0) is 23.1 Å². The molecule has 0 bridgehead atoms. The Bertz CT molecular complexity index is 845. The van der Waals surface area contributed by atoms with Crippen LogP contribution in [0.4, 0.5) is 0 Å². The Balaban J connectivity index is 0.00000155. The number of benzene rings is 2. The van der Waals surface area contributed by atoms with Gasteiger partial charge in [-0.3, -0.25) is 10.4 Å². The van der Waals surface area contributed by atoms with Crippen LogP contribution < -0.4 is 21.8 Å². The molecule has 7 heteroatoms. The molecule has 0 saturated heterocycles. The average Bonchev–Trinajstić information content (AvgIpc) is 3.35. The van der Waals surface area contributed by atoms with E-state index in [-0.39, 0.29) is 0 Å². The maximum atomic E-state index is 10.6. The van der Waals surface area contributed by atoms with E-state index >= 15 is 0 Å². The van der Waals surface area contributed by atoms with E-state index in [0.29, 0.717) is 13.1 Å². The molecule has 4 N–H and O–H groups in total. The number of hydrazone groups is 1. The second-order valence-corrected chi connectivity index (χ2v) is 6.48. The summed E-state index contributed by atoms with van der Waals surface area (Å²) in [4.78, 5) is 15.3. The summed E-state index contributed by atoms with van der Waals surface area (Å²) in [6.45, 7) is 7.04. The van der Waals surface area contributed by atoms with Crippen molar-refractivity contribution in [1.82, 2.24) is 21.8 Å². The topological polar surface area (TPSA) is 89.9 Å². The van der Waals surface area contributed by atoms with Crippen molar-refractivity contribution in [2.45, 2.75) is 46.6 Å². The summed E-state index contributed by atoms with van der Waals surface area (Å²) in [5.74, 6) is 1.65. The van der Waals surface area contributed by atoms with Crippen molar-refractivity contribution in [2.24, 2.45) is 10.1 Å². The highest BCUT2D eigenvalue weighted by Gasteiger charge is 2.13. The lowest BCUT2D eigenvalue weighted by molar-refractivity contribution is -0.106. The van der Waals surface area contributed by atoms with Crippen LogP contribution in [0.15, 0.2) is 58.6 Å². The third-order valence-corrected chi connectivity index (χ3v) is 4.46. The summed E-state index contributed by atoms with van der Waals surface area (Å²) in [6.07, 6.45) is 3.89. The first-order chi connectivity index (χ1) is 14.8. The van der Waals surface area contributed by atoms with Gasteiger partial charge in [-0.1, -0.05) is 75.7 Å². The van der Waals surface area contributed by atoms with Crippen molar-refractivity contribution < 1.29 is 4.79 Å². The standard InChI is InChI=1S/C21H26N6O.C2H6/c1-2-3-8-20(22-13-14-28)23-15-16-9-11-17(12-10-16)18-6-4-5-7-19(18)21-24-26-27-25-21;1-2/h4-7,9-12,14,26-27H,2-3,8,13,15H2,1H3,(H,22,23)(H,24,25);1-2H3. The molecular weight excluding hydrogens is 376 g/mol. The molecule has 3 rings (SSSR count). The summed E-state index contributed by atoms with van der Waals surface area (Å²) < 4.78 is 0. The van der Waals surface area contributed by atoms with Gasteiger partial charge in [-0.25, -0.2) is 5.53 Å². The molecule has 7 nitrogen and oxygen atoms in total. The molecule has 160 valence electrons. The van der Waals surface area contributed by atoms with Gasteiger partial charge < -0.3 is 10.1 Å². The first kappa shape index (κ1) is 23.1. The second kappa shape index (κ2) is 13.1. The second-order valence-electron chi connectivity index (χ2n) is 6.48. The average molecular weight is 409 g/mol. The van der Waals surface area contributed by atoms with Crippen LogP contribution >= 0.6 is 0 Å². The Morgan fingerprint density at radius 2 is 1.83 bits per heavy atom. The minimum atomic E-state index is 0.305. The van der Waals surface area contributed by atoms with Crippen LogP contribution in [0.25, 0.3) is 11.1 Å². The first-order valence-corrected chi connectivity index (χ1v) is 10.5. The van der Waals surface area contributed by atoms with Crippen molar-refractivity contribution >= 4 is 18.0 Å². The number of hydrazine groups is 2. The molecule has 30 heavy (non-hydrogen) atoms. The number of aldehydes is 1. The third kappa shape index (κ3) is 6.70. The predicted octanol–water partition coefficient (Wildman–Crippen LogP) is 3.53. The van der Waals surface area contributed by atoms with E-state index in [9.17, 15) is 4.79 Å². The van der Waals surface area contributed by atoms with Crippen LogP contribution in [-0.4, -0.2) is 24.5 Å². The first-order valence-electron chi connectivity index (χ1n) is 10.5. The van der Waals surface area contributed by atoms with Gasteiger partial charge in [-0.2, -0.15) is 0 Å². The molecule has 0 aliphatic carbocycles. The molecule has 0 fully saturated rings. The third-order valence-electron chi connectivity index (χ3n) is 4.46. The Morgan fingerprint density at radius 3 is 2.47 bits per heavy atom. The number of aliphatic imine (C=N–C) groups is 1. The number of carbonyl (C=O) groups is 1. The highest BCUT2D eigenvalue weighted by atomic mass is 16.1. The van der Waals surface area contributed by atoms with E-state index in [1.54, 1.807) is 0 Å². The predicted molar refractivity (Wildman–Crippen MR) is 124 cm³/mol. The summed E-state index contributed by atoms with van der Waals surface area (Å²) in [5, 5.41) is 7.30. The highest BCUT2D eigenvalue weighted by Crippen LogP contribution is 2.24. The van der Waals surface area contributed by atoms with Gasteiger partial charge in [0.05, 0.1) is 18.9 Å². The van der Waals surface area contributed by atoms with Gasteiger partial charge in [0.1, 0.15) is 6.29 Å². The Kier molecular flexibility index (Phi) is 10.1. The maximum Gasteiger partial charge on any atom is 0.171 e. The number of hydrogen-bond donors (Lipinski definition) is 4. The molecule has 1 heterocycles. The minimum absolute atomic E-state index is 0.305. The quantitative estimate of drug-likeness (QED) is 0.290. The molecular formula is C23H32N6O. The number of carbonyl (C=O) groups excluding carboxylic acids is 1. The fraction of sp³-hybridized carbons (Fsp3) is 0.348. The fourth-order valence-corrected chi connectivity index (χ4v) is 2.97. The van der Waals surface area contributed by atoms with Gasteiger partial charge in [-0.15, -0.1) is 10.6 Å². The monoisotopic (exact) mass is 408 g/mol. The number of amidine groups is 2. The SMILES string of the molecule is CC.CCCCC(=NCc1ccc(-c2ccccc2C2=NNNN2)cc1)NCC=O. The van der Waals surface area contributed by atoms with E-state index < -0.39 is 0 Å². The van der Waals surface area contributed by atoms with Gasteiger partial charge in [0, 0.05) is 12.0 Å². The lowest BCUT2D eigenvalue weighted by Gasteiger charge is -2.10. The Hall–Kier alpha value is -3.19. The highest BCUT2D eigenvalue weighted by molar-refractivity contribution is 6.04. The molecule has 0 aromatic heterocycles. The molecule has 2 aromatic carbocycles. The van der Waals surface area contributed by atoms with Crippen molar-refractivity contribution in [3.8, 4) is 11.1 Å². The zero-order valence-corrected chi connectivity index (χ0v) is 18.0. The molecule has 2 aromatic rings. The number of nitrogens with zero attached hydrogens (tertiary/aromatic N) is 2. The van der Waals surface area contributed by atoms with Crippen molar-refractivity contribution in [1.29, 1.82) is 0 Å². The number of unbranched alkanes of at least 4 members (excludes halogenated alkanes) is 1. The van der Waals surface area contributed by atoms with Crippen molar-refractivity contribution in [2.75, 3.05) is 6.54 Å². The van der Waals surface area contributed by atoms with Crippen LogP contribution in [-0.2, 0) is 11.3 Å². The zero-order valence-electron chi connectivity index (χ0n) is 18.0. The number of nitrogens with one attached hydrogen (secondary N) is 4. The normalized spacial score (nSPS) is 12.8. The van der Waals surface area contributed by atoms with Crippen LogP contribution in [0, 0.1) is 0 Å². The number of rotatable bonds is 9. The molecule has 0 radical (unpaired) electrons. The summed E-state index contributed by atoms with van der Waals surface area (Å²) in [5.41, 5.74) is 12.8. The van der Waals surface area contributed by atoms with Crippen LogP contribution in [0.5, 0.6) is 0 Å². The van der Waals surface area contributed by atoms with E-state index in [1.807, 2.05) is 32.0 Å². The van der Waals surface area contributed by atoms with Gasteiger partial charge in [0.25, 0.3) is 0 Å². The zero-order chi connectivity index (χ0) is 21.6. The number of hydrogen-bond acceptors (Lipinski definition) is 6. The van der Waals surface area contributed by atoms with E-state index in [2.05, 4.69) is 69.2 Å². The smallest absolute Gasteiger partial charge is 0.171 e. The summed E-state index contributed by atoms with van der Waals surface area (Å²) >= 11 is 0. The Labute approximate surface area is 179 Å². The lowest BCUT2D eigenvalue weighted by Crippen LogP contribution is -2.35. The Morgan fingerprint density at radius 1 is 1.10 bits per heavy atom. The molecule has 0 atom stereocenters. The van der Waals surface area contributed by atoms with Gasteiger partial charge in [0.2, 0.25) is 0 Å². The summed E-state index contributed by atoms with van der Waals surface area (Å²) in [6, 6.07) is 16.5. The molecule has 0 saturated carbocycles. The fourth-order valence-electron chi connectivity index (χ4n) is 2.97. The molecule has 1 aliphatic heterocycles. The molecule has 1 aliphatic rings. The molecule has 0 unspecified atom stereocenters. The summed E-state index contributed by atoms with van der Waals surface area (Å²) in [7, 11) is 0. The minimum Gasteiger partial charge on any atom is -0.367 e. The van der Waals surface area contributed by atoms with Gasteiger partial charge >= 0.3 is 0 Å². The molecule has 0 amide bonds. The lowest BCUT2D eigenvalue weighted by atomic mass is 9.98.